The van der Waals surface area contributed by atoms with Gasteiger partial charge in [0.2, 0.25) is 0 Å². The minimum atomic E-state index is -0.0166. The van der Waals surface area contributed by atoms with E-state index < -0.39 is 0 Å². The second kappa shape index (κ2) is 6.41. The largest absolute Gasteiger partial charge is 0.348 e. The Morgan fingerprint density at radius 3 is 2.52 bits per heavy atom. The highest BCUT2D eigenvalue weighted by Gasteiger charge is 2.11. The van der Waals surface area contributed by atoms with E-state index in [1.807, 2.05) is 41.8 Å². The molecule has 0 aliphatic rings. The van der Waals surface area contributed by atoms with E-state index in [1.54, 1.807) is 11.3 Å². The second-order valence-electron chi connectivity index (χ2n) is 4.78. The van der Waals surface area contributed by atoms with Crippen LogP contribution in [0.1, 0.15) is 21.5 Å². The molecule has 106 valence electrons. The fourth-order valence-electron chi connectivity index (χ4n) is 2.18. The SMILES string of the molecule is O=C(NCc1ccc(CBr)cc1)c1csc2ccccc12. The molecule has 0 unspecified atom stereocenters. The molecule has 0 atom stereocenters. The molecule has 0 fully saturated rings. The standard InChI is InChI=1S/C17H14BrNOS/c18-9-12-5-7-13(8-6-12)10-19-17(20)15-11-21-16-4-2-1-3-14(15)16/h1-8,11H,9-10H2,(H,19,20). The topological polar surface area (TPSA) is 29.1 Å². The summed E-state index contributed by atoms with van der Waals surface area (Å²) in [5, 5.41) is 6.78. The summed E-state index contributed by atoms with van der Waals surface area (Å²) in [6, 6.07) is 16.2. The summed E-state index contributed by atoms with van der Waals surface area (Å²) >= 11 is 5.03. The van der Waals surface area contributed by atoms with Crippen molar-refractivity contribution in [2.24, 2.45) is 0 Å². The molecule has 1 aromatic heterocycles. The monoisotopic (exact) mass is 359 g/mol. The summed E-state index contributed by atoms with van der Waals surface area (Å²) in [7, 11) is 0. The number of hydrogen-bond acceptors (Lipinski definition) is 2. The molecule has 0 aliphatic heterocycles. The molecule has 0 spiro atoms. The van der Waals surface area contributed by atoms with Gasteiger partial charge in [0.25, 0.3) is 5.91 Å². The Hall–Kier alpha value is -1.65. The lowest BCUT2D eigenvalue weighted by Gasteiger charge is -2.05. The number of benzene rings is 2. The number of fused-ring (bicyclic) bond motifs is 1. The van der Waals surface area contributed by atoms with Gasteiger partial charge >= 0.3 is 0 Å². The Morgan fingerprint density at radius 2 is 1.76 bits per heavy atom. The van der Waals surface area contributed by atoms with Crippen LogP contribution < -0.4 is 5.32 Å². The third kappa shape index (κ3) is 3.17. The minimum Gasteiger partial charge on any atom is -0.348 e. The number of hydrogen-bond donors (Lipinski definition) is 1. The quantitative estimate of drug-likeness (QED) is 0.670. The van der Waals surface area contributed by atoms with Gasteiger partial charge in [0.1, 0.15) is 0 Å². The van der Waals surface area contributed by atoms with Crippen molar-refractivity contribution in [2.75, 3.05) is 0 Å². The van der Waals surface area contributed by atoms with Gasteiger partial charge in [0.05, 0.1) is 5.56 Å². The van der Waals surface area contributed by atoms with Crippen molar-refractivity contribution < 1.29 is 4.79 Å². The minimum absolute atomic E-state index is 0.0166. The van der Waals surface area contributed by atoms with E-state index in [0.717, 1.165) is 26.5 Å². The van der Waals surface area contributed by atoms with Crippen molar-refractivity contribution in [2.45, 2.75) is 11.9 Å². The van der Waals surface area contributed by atoms with Crippen LogP contribution in [0, 0.1) is 0 Å². The maximum absolute atomic E-state index is 12.3. The first kappa shape index (κ1) is 14.3. The highest BCUT2D eigenvalue weighted by atomic mass is 79.9. The molecular weight excluding hydrogens is 346 g/mol. The van der Waals surface area contributed by atoms with Crippen molar-refractivity contribution in [1.29, 1.82) is 0 Å². The Kier molecular flexibility index (Phi) is 4.36. The Morgan fingerprint density at radius 1 is 1.05 bits per heavy atom. The third-order valence-corrected chi connectivity index (χ3v) is 4.97. The zero-order chi connectivity index (χ0) is 14.7. The summed E-state index contributed by atoms with van der Waals surface area (Å²) in [6.07, 6.45) is 0. The van der Waals surface area contributed by atoms with Crippen molar-refractivity contribution in [3.63, 3.8) is 0 Å². The summed E-state index contributed by atoms with van der Waals surface area (Å²) in [5.74, 6) is -0.0166. The molecule has 3 rings (SSSR count). The summed E-state index contributed by atoms with van der Waals surface area (Å²) in [6.45, 7) is 0.547. The summed E-state index contributed by atoms with van der Waals surface area (Å²) in [4.78, 5) is 12.3. The number of carbonyl (C=O) groups excluding carboxylic acids is 1. The predicted molar refractivity (Wildman–Crippen MR) is 92.1 cm³/mol. The average Bonchev–Trinajstić information content (AvgIpc) is 2.97. The van der Waals surface area contributed by atoms with Gasteiger partial charge in [-0.05, 0) is 17.2 Å². The van der Waals surface area contributed by atoms with E-state index in [-0.39, 0.29) is 5.91 Å². The fourth-order valence-corrected chi connectivity index (χ4v) is 3.49. The van der Waals surface area contributed by atoms with E-state index in [4.69, 9.17) is 0 Å². The van der Waals surface area contributed by atoms with E-state index in [9.17, 15) is 4.79 Å². The molecule has 0 bridgehead atoms. The molecule has 4 heteroatoms. The molecule has 3 aromatic rings. The van der Waals surface area contributed by atoms with Gasteiger partial charge in [0.15, 0.2) is 0 Å². The number of halogens is 1. The molecule has 0 saturated heterocycles. The highest BCUT2D eigenvalue weighted by Crippen LogP contribution is 2.25. The van der Waals surface area contributed by atoms with Crippen LogP contribution >= 0.6 is 27.3 Å². The number of thiophene rings is 1. The number of nitrogens with one attached hydrogen (secondary N) is 1. The van der Waals surface area contributed by atoms with E-state index in [1.165, 1.54) is 5.56 Å². The van der Waals surface area contributed by atoms with Crippen molar-refractivity contribution in [3.8, 4) is 0 Å². The lowest BCUT2D eigenvalue weighted by Crippen LogP contribution is -2.22. The van der Waals surface area contributed by atoms with Gasteiger partial charge in [0, 0.05) is 27.3 Å². The first-order valence-electron chi connectivity index (χ1n) is 6.66. The zero-order valence-electron chi connectivity index (χ0n) is 11.3. The summed E-state index contributed by atoms with van der Waals surface area (Å²) < 4.78 is 1.14. The molecule has 0 radical (unpaired) electrons. The average molecular weight is 360 g/mol. The molecule has 2 nitrogen and oxygen atoms in total. The normalized spacial score (nSPS) is 10.7. The number of rotatable bonds is 4. The van der Waals surface area contributed by atoms with Gasteiger partial charge in [-0.15, -0.1) is 11.3 Å². The van der Waals surface area contributed by atoms with Crippen molar-refractivity contribution >= 4 is 43.3 Å². The van der Waals surface area contributed by atoms with Crippen molar-refractivity contribution in [1.82, 2.24) is 5.32 Å². The molecule has 2 aromatic carbocycles. The number of amides is 1. The van der Waals surface area contributed by atoms with Crippen LogP contribution in [0.4, 0.5) is 0 Å². The lowest BCUT2D eigenvalue weighted by atomic mass is 10.1. The van der Waals surface area contributed by atoms with Gasteiger partial charge in [-0.2, -0.15) is 0 Å². The Balaban J connectivity index is 1.71. The van der Waals surface area contributed by atoms with E-state index >= 15 is 0 Å². The zero-order valence-corrected chi connectivity index (χ0v) is 13.7. The van der Waals surface area contributed by atoms with E-state index in [2.05, 4.69) is 33.4 Å². The lowest BCUT2D eigenvalue weighted by molar-refractivity contribution is 0.0953. The summed E-state index contributed by atoms with van der Waals surface area (Å²) in [5.41, 5.74) is 3.09. The van der Waals surface area contributed by atoms with Crippen LogP contribution in [0.15, 0.2) is 53.9 Å². The van der Waals surface area contributed by atoms with Gasteiger partial charge in [-0.25, -0.2) is 0 Å². The first-order chi connectivity index (χ1) is 10.3. The third-order valence-electron chi connectivity index (χ3n) is 3.36. The highest BCUT2D eigenvalue weighted by molar-refractivity contribution is 9.08. The maximum Gasteiger partial charge on any atom is 0.253 e. The van der Waals surface area contributed by atoms with Crippen LogP contribution in [0.3, 0.4) is 0 Å². The molecule has 1 heterocycles. The molecule has 0 aliphatic carbocycles. The molecule has 0 saturated carbocycles. The Labute approximate surface area is 135 Å². The molecular formula is C17H14BrNOS. The van der Waals surface area contributed by atoms with Crippen LogP contribution in [0.2, 0.25) is 0 Å². The van der Waals surface area contributed by atoms with Crippen LogP contribution in [-0.4, -0.2) is 5.91 Å². The predicted octanol–water partition coefficient (Wildman–Crippen LogP) is 4.73. The fraction of sp³-hybridized carbons (Fsp3) is 0.118. The maximum atomic E-state index is 12.3. The van der Waals surface area contributed by atoms with E-state index in [0.29, 0.717) is 6.54 Å². The number of carbonyl (C=O) groups is 1. The van der Waals surface area contributed by atoms with Crippen molar-refractivity contribution in [3.05, 3.63) is 70.6 Å². The smallest absolute Gasteiger partial charge is 0.253 e. The second-order valence-corrected chi connectivity index (χ2v) is 6.25. The van der Waals surface area contributed by atoms with Crippen LogP contribution in [-0.2, 0) is 11.9 Å². The van der Waals surface area contributed by atoms with Gasteiger partial charge in [-0.3, -0.25) is 4.79 Å². The molecule has 1 amide bonds. The van der Waals surface area contributed by atoms with Crippen LogP contribution in [0.25, 0.3) is 10.1 Å². The van der Waals surface area contributed by atoms with Gasteiger partial charge < -0.3 is 5.32 Å². The van der Waals surface area contributed by atoms with Gasteiger partial charge in [-0.1, -0.05) is 58.4 Å². The van der Waals surface area contributed by atoms with Crippen LogP contribution in [0.5, 0.6) is 0 Å². The molecule has 1 N–H and O–H groups in total. The Bertz CT molecular complexity index is 764. The molecule has 21 heavy (non-hydrogen) atoms. The first-order valence-corrected chi connectivity index (χ1v) is 8.66. The number of alkyl halides is 1.